The fourth-order valence-electron chi connectivity index (χ4n) is 3.37. The van der Waals surface area contributed by atoms with E-state index in [0.29, 0.717) is 25.1 Å². The highest BCUT2D eigenvalue weighted by atomic mass is 32.2. The van der Waals surface area contributed by atoms with Gasteiger partial charge in [0, 0.05) is 25.8 Å². The summed E-state index contributed by atoms with van der Waals surface area (Å²) in [6.45, 7) is 2.38. The van der Waals surface area contributed by atoms with Crippen LogP contribution >= 0.6 is 0 Å². The Morgan fingerprint density at radius 3 is 2.70 bits per heavy atom. The highest BCUT2D eigenvalue weighted by Crippen LogP contribution is 2.25. The maximum absolute atomic E-state index is 12.8. The van der Waals surface area contributed by atoms with E-state index in [4.69, 9.17) is 4.42 Å². The van der Waals surface area contributed by atoms with Crippen molar-refractivity contribution in [1.29, 1.82) is 0 Å². The summed E-state index contributed by atoms with van der Waals surface area (Å²) in [7, 11) is -1.84. The van der Waals surface area contributed by atoms with Crippen molar-refractivity contribution >= 4 is 21.9 Å². The average Bonchev–Trinajstić information content (AvgIpc) is 3.35. The lowest BCUT2D eigenvalue weighted by molar-refractivity contribution is -0.121. The number of aryl methyl sites for hydroxylation is 2. The standard InChI is InChI=1S/C19H22N6O4S/c1-13-11-16(23-24(13)2)18-21-22-19(29-18)20-17(26)14-7-6-10-25(12-14)30(27,28)15-8-4-3-5-9-15/h3-5,8-9,11,14H,6-7,10,12H2,1-2H3,(H,20,22,26). The Hall–Kier alpha value is -3.05. The predicted molar refractivity (Wildman–Crippen MR) is 108 cm³/mol. The first kappa shape index (κ1) is 20.2. The molecule has 2 aromatic heterocycles. The van der Waals surface area contributed by atoms with Crippen LogP contribution in [0.1, 0.15) is 18.5 Å². The van der Waals surface area contributed by atoms with Crippen LogP contribution in [0.4, 0.5) is 6.01 Å². The number of carbonyl (C=O) groups is 1. The molecule has 1 atom stereocenters. The fraction of sp³-hybridized carbons (Fsp3) is 0.368. The first-order valence-corrected chi connectivity index (χ1v) is 11.0. The normalized spacial score (nSPS) is 17.7. The maximum Gasteiger partial charge on any atom is 0.322 e. The topological polar surface area (TPSA) is 123 Å². The van der Waals surface area contributed by atoms with E-state index in [1.807, 2.05) is 6.92 Å². The van der Waals surface area contributed by atoms with E-state index in [0.717, 1.165) is 5.69 Å². The molecule has 1 unspecified atom stereocenters. The SMILES string of the molecule is Cc1cc(-c2nnc(NC(=O)C3CCCN(S(=O)(=O)c4ccccc4)C3)o2)nn1C. The van der Waals surface area contributed by atoms with E-state index < -0.39 is 15.9 Å². The van der Waals surface area contributed by atoms with E-state index in [-0.39, 0.29) is 29.3 Å². The number of hydrogen-bond acceptors (Lipinski definition) is 7. The molecule has 0 aliphatic carbocycles. The molecule has 158 valence electrons. The first-order chi connectivity index (χ1) is 14.3. The molecule has 1 aromatic carbocycles. The number of nitrogens with zero attached hydrogens (tertiary/aromatic N) is 5. The number of nitrogens with one attached hydrogen (secondary N) is 1. The summed E-state index contributed by atoms with van der Waals surface area (Å²) in [6, 6.07) is 9.98. The lowest BCUT2D eigenvalue weighted by Crippen LogP contribution is -2.43. The molecule has 3 heterocycles. The molecule has 1 saturated heterocycles. The summed E-state index contributed by atoms with van der Waals surface area (Å²) in [5, 5.41) is 14.6. The van der Waals surface area contributed by atoms with Crippen molar-refractivity contribution in [2.75, 3.05) is 18.4 Å². The number of carbonyl (C=O) groups excluding carboxylic acids is 1. The van der Waals surface area contributed by atoms with Gasteiger partial charge in [0.05, 0.1) is 10.8 Å². The summed E-state index contributed by atoms with van der Waals surface area (Å²) in [5.74, 6) is -0.661. The fourth-order valence-corrected chi connectivity index (χ4v) is 4.91. The van der Waals surface area contributed by atoms with Crippen LogP contribution in [-0.4, -0.2) is 51.7 Å². The van der Waals surface area contributed by atoms with E-state index >= 15 is 0 Å². The van der Waals surface area contributed by atoms with Gasteiger partial charge in [-0.2, -0.15) is 9.40 Å². The van der Waals surface area contributed by atoms with Crippen molar-refractivity contribution in [1.82, 2.24) is 24.3 Å². The second-order valence-electron chi connectivity index (χ2n) is 7.21. The molecule has 1 amide bonds. The van der Waals surface area contributed by atoms with Gasteiger partial charge < -0.3 is 4.42 Å². The quantitative estimate of drug-likeness (QED) is 0.655. The zero-order valence-corrected chi connectivity index (χ0v) is 17.5. The van der Waals surface area contributed by atoms with Crippen LogP contribution in [0.25, 0.3) is 11.6 Å². The number of aromatic nitrogens is 4. The van der Waals surface area contributed by atoms with Crippen molar-refractivity contribution in [2.45, 2.75) is 24.7 Å². The Bertz CT molecular complexity index is 1140. The van der Waals surface area contributed by atoms with Crippen LogP contribution in [0.15, 0.2) is 45.7 Å². The molecule has 1 aliphatic heterocycles. The Balaban J connectivity index is 1.44. The highest BCUT2D eigenvalue weighted by molar-refractivity contribution is 7.89. The molecule has 0 radical (unpaired) electrons. The van der Waals surface area contributed by atoms with Crippen molar-refractivity contribution in [3.05, 3.63) is 42.1 Å². The number of benzene rings is 1. The number of anilines is 1. The molecule has 0 saturated carbocycles. The molecule has 1 fully saturated rings. The summed E-state index contributed by atoms with van der Waals surface area (Å²) in [4.78, 5) is 12.9. The second-order valence-corrected chi connectivity index (χ2v) is 9.15. The van der Waals surface area contributed by atoms with Crippen molar-refractivity contribution in [2.24, 2.45) is 13.0 Å². The summed E-state index contributed by atoms with van der Waals surface area (Å²) < 4.78 is 34.2. The molecule has 0 spiro atoms. The Morgan fingerprint density at radius 1 is 1.23 bits per heavy atom. The monoisotopic (exact) mass is 430 g/mol. The third-order valence-corrected chi connectivity index (χ3v) is 7.00. The van der Waals surface area contributed by atoms with Gasteiger partial charge in [-0.3, -0.25) is 14.8 Å². The molecule has 4 rings (SSSR count). The lowest BCUT2D eigenvalue weighted by Gasteiger charge is -2.30. The van der Waals surface area contributed by atoms with Gasteiger partial charge in [0.25, 0.3) is 5.89 Å². The van der Waals surface area contributed by atoms with Crippen LogP contribution < -0.4 is 5.32 Å². The molecule has 10 nitrogen and oxygen atoms in total. The number of sulfonamides is 1. The molecule has 0 bridgehead atoms. The number of rotatable bonds is 5. The van der Waals surface area contributed by atoms with Gasteiger partial charge in [0.15, 0.2) is 0 Å². The Kier molecular flexibility index (Phi) is 5.39. The number of amides is 1. The van der Waals surface area contributed by atoms with Crippen molar-refractivity contribution < 1.29 is 17.6 Å². The third kappa shape index (κ3) is 3.98. The van der Waals surface area contributed by atoms with Crippen molar-refractivity contribution in [3.8, 4) is 11.6 Å². The molecular formula is C19H22N6O4S. The summed E-state index contributed by atoms with van der Waals surface area (Å²) in [5.41, 5.74) is 1.44. The molecule has 30 heavy (non-hydrogen) atoms. The van der Waals surface area contributed by atoms with Gasteiger partial charge in [-0.1, -0.05) is 23.3 Å². The van der Waals surface area contributed by atoms with E-state index in [9.17, 15) is 13.2 Å². The lowest BCUT2D eigenvalue weighted by atomic mass is 9.99. The van der Waals surface area contributed by atoms with Gasteiger partial charge in [-0.25, -0.2) is 8.42 Å². The molecule has 3 aromatic rings. The maximum atomic E-state index is 12.8. The van der Waals surface area contributed by atoms with Gasteiger partial charge in [0.2, 0.25) is 15.9 Å². The van der Waals surface area contributed by atoms with Crippen LogP contribution in [0, 0.1) is 12.8 Å². The zero-order valence-electron chi connectivity index (χ0n) is 16.6. The first-order valence-electron chi connectivity index (χ1n) is 9.55. The van der Waals surface area contributed by atoms with Crippen LogP contribution in [0.5, 0.6) is 0 Å². The second kappa shape index (κ2) is 8.00. The number of hydrogen-bond donors (Lipinski definition) is 1. The molecular weight excluding hydrogens is 408 g/mol. The third-order valence-electron chi connectivity index (χ3n) is 5.12. The molecule has 11 heteroatoms. The minimum atomic E-state index is -3.64. The molecule has 1 aliphatic rings. The van der Waals surface area contributed by atoms with Crippen LogP contribution in [0.3, 0.4) is 0 Å². The van der Waals surface area contributed by atoms with E-state index in [2.05, 4.69) is 20.6 Å². The number of piperidine rings is 1. The van der Waals surface area contributed by atoms with Gasteiger partial charge in [-0.05, 0) is 38.0 Å². The Morgan fingerprint density at radius 2 is 2.00 bits per heavy atom. The predicted octanol–water partition coefficient (Wildman–Crippen LogP) is 1.82. The average molecular weight is 430 g/mol. The van der Waals surface area contributed by atoms with E-state index in [1.54, 1.807) is 48.1 Å². The summed E-state index contributed by atoms with van der Waals surface area (Å²) >= 11 is 0. The minimum absolute atomic E-state index is 0.0404. The zero-order chi connectivity index (χ0) is 21.3. The van der Waals surface area contributed by atoms with Gasteiger partial charge in [-0.15, -0.1) is 5.10 Å². The van der Waals surface area contributed by atoms with Crippen molar-refractivity contribution in [3.63, 3.8) is 0 Å². The largest absolute Gasteiger partial charge is 0.401 e. The summed E-state index contributed by atoms with van der Waals surface area (Å²) in [6.07, 6.45) is 1.17. The van der Waals surface area contributed by atoms with Gasteiger partial charge in [0.1, 0.15) is 5.69 Å². The van der Waals surface area contributed by atoms with E-state index in [1.165, 1.54) is 4.31 Å². The smallest absolute Gasteiger partial charge is 0.322 e. The minimum Gasteiger partial charge on any atom is -0.401 e. The van der Waals surface area contributed by atoms with Crippen LogP contribution in [-0.2, 0) is 21.9 Å². The molecule has 1 N–H and O–H groups in total. The van der Waals surface area contributed by atoms with Gasteiger partial charge >= 0.3 is 6.01 Å². The van der Waals surface area contributed by atoms with Crippen LogP contribution in [0.2, 0.25) is 0 Å². The Labute approximate surface area is 174 Å². The highest BCUT2D eigenvalue weighted by Gasteiger charge is 2.33.